The van der Waals surface area contributed by atoms with Gasteiger partial charge in [0.25, 0.3) is 0 Å². The standard InChI is InChI=1S/C15H13BrFNO/c16-12-5-4-11(15(17)9-12)8-14(19)7-10-2-1-3-13(18)6-10/h1-6,9H,7-8,18H2. The van der Waals surface area contributed by atoms with Crippen LogP contribution in [0.1, 0.15) is 11.1 Å². The molecule has 0 unspecified atom stereocenters. The first-order chi connectivity index (χ1) is 9.04. The molecular weight excluding hydrogens is 309 g/mol. The van der Waals surface area contributed by atoms with Crippen LogP contribution < -0.4 is 5.73 Å². The highest BCUT2D eigenvalue weighted by molar-refractivity contribution is 9.10. The number of ketones is 1. The lowest BCUT2D eigenvalue weighted by Gasteiger charge is -2.04. The maximum absolute atomic E-state index is 13.6. The maximum atomic E-state index is 13.6. The van der Waals surface area contributed by atoms with Gasteiger partial charge in [0.1, 0.15) is 11.6 Å². The quantitative estimate of drug-likeness (QED) is 0.875. The predicted octanol–water partition coefficient (Wildman–Crippen LogP) is 3.52. The third kappa shape index (κ3) is 3.89. The van der Waals surface area contributed by atoms with Crippen LogP contribution in [0.3, 0.4) is 0 Å². The summed E-state index contributed by atoms with van der Waals surface area (Å²) in [5.41, 5.74) is 7.54. The van der Waals surface area contributed by atoms with E-state index >= 15 is 0 Å². The number of benzene rings is 2. The van der Waals surface area contributed by atoms with Gasteiger partial charge in [0, 0.05) is 23.0 Å². The Balaban J connectivity index is 2.05. The Labute approximate surface area is 119 Å². The minimum atomic E-state index is -0.365. The van der Waals surface area contributed by atoms with Crippen molar-refractivity contribution in [2.45, 2.75) is 12.8 Å². The Hall–Kier alpha value is -1.68. The summed E-state index contributed by atoms with van der Waals surface area (Å²) in [6.45, 7) is 0. The molecule has 2 aromatic carbocycles. The third-order valence-corrected chi connectivity index (χ3v) is 3.25. The fraction of sp³-hybridized carbons (Fsp3) is 0.133. The topological polar surface area (TPSA) is 43.1 Å². The van der Waals surface area contributed by atoms with Crippen molar-refractivity contribution in [1.82, 2.24) is 0 Å². The summed E-state index contributed by atoms with van der Waals surface area (Å²) in [5, 5.41) is 0. The van der Waals surface area contributed by atoms with Crippen molar-refractivity contribution >= 4 is 27.4 Å². The van der Waals surface area contributed by atoms with Gasteiger partial charge in [-0.25, -0.2) is 4.39 Å². The van der Waals surface area contributed by atoms with Gasteiger partial charge in [-0.1, -0.05) is 34.1 Å². The first-order valence-corrected chi connectivity index (χ1v) is 6.64. The molecule has 98 valence electrons. The first-order valence-electron chi connectivity index (χ1n) is 5.84. The number of halogens is 2. The van der Waals surface area contributed by atoms with Gasteiger partial charge in [0.05, 0.1) is 0 Å². The average molecular weight is 322 g/mol. The van der Waals surface area contributed by atoms with Crippen LogP contribution in [-0.2, 0) is 17.6 Å². The van der Waals surface area contributed by atoms with Crippen molar-refractivity contribution < 1.29 is 9.18 Å². The van der Waals surface area contributed by atoms with Gasteiger partial charge >= 0.3 is 0 Å². The van der Waals surface area contributed by atoms with E-state index in [0.29, 0.717) is 15.7 Å². The molecule has 0 saturated carbocycles. The molecule has 0 heterocycles. The summed E-state index contributed by atoms with van der Waals surface area (Å²) in [5.74, 6) is -0.401. The molecule has 0 aliphatic carbocycles. The molecule has 0 fully saturated rings. The molecule has 2 nitrogen and oxygen atoms in total. The molecule has 0 radical (unpaired) electrons. The summed E-state index contributed by atoms with van der Waals surface area (Å²) in [7, 11) is 0. The zero-order valence-corrected chi connectivity index (χ0v) is 11.8. The van der Waals surface area contributed by atoms with Crippen LogP contribution in [0.15, 0.2) is 46.9 Å². The molecule has 0 atom stereocenters. The fourth-order valence-electron chi connectivity index (χ4n) is 1.87. The lowest BCUT2D eigenvalue weighted by atomic mass is 10.0. The summed E-state index contributed by atoms with van der Waals surface area (Å²) in [6, 6.07) is 11.9. The van der Waals surface area contributed by atoms with Crippen molar-refractivity contribution in [3.8, 4) is 0 Å². The number of Topliss-reactive ketones (excluding diaryl/α,β-unsaturated/α-hetero) is 1. The van der Waals surface area contributed by atoms with Gasteiger partial charge in [-0.3, -0.25) is 4.79 Å². The number of carbonyl (C=O) groups excluding carboxylic acids is 1. The van der Waals surface area contributed by atoms with Crippen LogP contribution in [0.2, 0.25) is 0 Å². The zero-order chi connectivity index (χ0) is 13.8. The molecule has 2 N–H and O–H groups in total. The second-order valence-corrected chi connectivity index (χ2v) is 5.29. The first kappa shape index (κ1) is 13.7. The molecule has 2 rings (SSSR count). The third-order valence-electron chi connectivity index (χ3n) is 2.76. The zero-order valence-electron chi connectivity index (χ0n) is 10.2. The molecule has 0 saturated heterocycles. The molecule has 19 heavy (non-hydrogen) atoms. The summed E-state index contributed by atoms with van der Waals surface area (Å²) in [6.07, 6.45) is 0.356. The van der Waals surface area contributed by atoms with E-state index in [1.165, 1.54) is 6.07 Å². The second kappa shape index (κ2) is 5.97. The molecule has 0 spiro atoms. The fourth-order valence-corrected chi connectivity index (χ4v) is 2.20. The molecule has 0 aliphatic heterocycles. The van der Waals surface area contributed by atoms with Crippen molar-refractivity contribution in [2.75, 3.05) is 5.73 Å². The molecule has 2 aromatic rings. The van der Waals surface area contributed by atoms with Crippen LogP contribution in [0, 0.1) is 5.82 Å². The van der Waals surface area contributed by atoms with Gasteiger partial charge in [-0.05, 0) is 35.4 Å². The molecule has 0 bridgehead atoms. The van der Waals surface area contributed by atoms with Crippen LogP contribution >= 0.6 is 15.9 Å². The highest BCUT2D eigenvalue weighted by Gasteiger charge is 2.09. The van der Waals surface area contributed by atoms with Gasteiger partial charge in [0.15, 0.2) is 0 Å². The van der Waals surface area contributed by atoms with E-state index in [-0.39, 0.29) is 24.4 Å². The normalized spacial score (nSPS) is 10.4. The Kier molecular flexibility index (Phi) is 4.32. The van der Waals surface area contributed by atoms with Crippen molar-refractivity contribution in [1.29, 1.82) is 0 Å². The Morgan fingerprint density at radius 2 is 1.95 bits per heavy atom. The SMILES string of the molecule is Nc1cccc(CC(=O)Cc2ccc(Br)cc2F)c1. The minimum Gasteiger partial charge on any atom is -0.399 e. The number of anilines is 1. The summed E-state index contributed by atoms with van der Waals surface area (Å²) in [4.78, 5) is 11.9. The smallest absolute Gasteiger partial charge is 0.141 e. The van der Waals surface area contributed by atoms with E-state index in [1.54, 1.807) is 30.3 Å². The van der Waals surface area contributed by atoms with Crippen LogP contribution in [-0.4, -0.2) is 5.78 Å². The molecule has 4 heteroatoms. The van der Waals surface area contributed by atoms with Gasteiger partial charge in [-0.2, -0.15) is 0 Å². The van der Waals surface area contributed by atoms with E-state index in [2.05, 4.69) is 15.9 Å². The van der Waals surface area contributed by atoms with Gasteiger partial charge in [-0.15, -0.1) is 0 Å². The van der Waals surface area contributed by atoms with Gasteiger partial charge in [0.2, 0.25) is 0 Å². The van der Waals surface area contributed by atoms with E-state index in [4.69, 9.17) is 5.73 Å². The Morgan fingerprint density at radius 1 is 1.16 bits per heavy atom. The van der Waals surface area contributed by atoms with E-state index in [9.17, 15) is 9.18 Å². The second-order valence-electron chi connectivity index (χ2n) is 4.37. The number of hydrogen-bond donors (Lipinski definition) is 1. The number of nitrogens with two attached hydrogens (primary N) is 1. The lowest BCUT2D eigenvalue weighted by molar-refractivity contribution is -0.117. The van der Waals surface area contributed by atoms with Crippen LogP contribution in [0.4, 0.5) is 10.1 Å². The highest BCUT2D eigenvalue weighted by atomic mass is 79.9. The lowest BCUT2D eigenvalue weighted by Crippen LogP contribution is -2.08. The van der Waals surface area contributed by atoms with E-state index < -0.39 is 0 Å². The van der Waals surface area contributed by atoms with Crippen LogP contribution in [0.5, 0.6) is 0 Å². The molecular formula is C15H13BrFNO. The Bertz CT molecular complexity index is 613. The average Bonchev–Trinajstić information content (AvgIpc) is 2.33. The van der Waals surface area contributed by atoms with E-state index in [1.807, 2.05) is 6.07 Å². The Morgan fingerprint density at radius 3 is 2.63 bits per heavy atom. The van der Waals surface area contributed by atoms with Crippen molar-refractivity contribution in [3.05, 3.63) is 63.9 Å². The number of hydrogen-bond acceptors (Lipinski definition) is 2. The number of carbonyl (C=O) groups is 1. The van der Waals surface area contributed by atoms with Crippen LogP contribution in [0.25, 0.3) is 0 Å². The largest absolute Gasteiger partial charge is 0.399 e. The monoisotopic (exact) mass is 321 g/mol. The van der Waals surface area contributed by atoms with Crippen molar-refractivity contribution in [3.63, 3.8) is 0 Å². The summed E-state index contributed by atoms with van der Waals surface area (Å²) < 4.78 is 14.3. The van der Waals surface area contributed by atoms with Gasteiger partial charge < -0.3 is 5.73 Å². The van der Waals surface area contributed by atoms with E-state index in [0.717, 1.165) is 5.56 Å². The molecule has 0 amide bonds. The predicted molar refractivity (Wildman–Crippen MR) is 77.4 cm³/mol. The maximum Gasteiger partial charge on any atom is 0.141 e. The molecule has 0 aromatic heterocycles. The summed E-state index contributed by atoms with van der Waals surface area (Å²) >= 11 is 3.19. The highest BCUT2D eigenvalue weighted by Crippen LogP contribution is 2.16. The molecule has 0 aliphatic rings. The number of rotatable bonds is 4. The number of nitrogen functional groups attached to an aromatic ring is 1. The van der Waals surface area contributed by atoms with Crippen molar-refractivity contribution in [2.24, 2.45) is 0 Å². The minimum absolute atomic E-state index is 0.0353.